The van der Waals surface area contributed by atoms with E-state index < -0.39 is 5.54 Å². The zero-order valence-corrected chi connectivity index (χ0v) is 12.1. The molecule has 2 rings (SSSR count). The highest BCUT2D eigenvalue weighted by Crippen LogP contribution is 2.36. The van der Waals surface area contributed by atoms with Crippen molar-refractivity contribution in [2.75, 3.05) is 27.2 Å². The standard InChI is InChI=1S/C14H25N3O2/c1-16(2)10-7-11-17-13(19)15-12(18)14(17)8-5-3-4-6-9-14/h3-11H2,1-2H3,(H,15,18,19). The lowest BCUT2D eigenvalue weighted by molar-refractivity contribution is -0.127. The number of amides is 3. The van der Waals surface area contributed by atoms with Crippen LogP contribution in [0.3, 0.4) is 0 Å². The minimum Gasteiger partial charge on any atom is -0.310 e. The highest BCUT2D eigenvalue weighted by atomic mass is 16.2. The highest BCUT2D eigenvalue weighted by Gasteiger charge is 2.51. The Morgan fingerprint density at radius 3 is 2.37 bits per heavy atom. The Balaban J connectivity index is 2.08. The number of carbonyl (C=O) groups is 2. The summed E-state index contributed by atoms with van der Waals surface area (Å²) in [6.45, 7) is 1.61. The van der Waals surface area contributed by atoms with Crippen molar-refractivity contribution in [3.8, 4) is 0 Å². The van der Waals surface area contributed by atoms with Crippen molar-refractivity contribution >= 4 is 11.9 Å². The van der Waals surface area contributed by atoms with E-state index in [9.17, 15) is 9.59 Å². The average Bonchev–Trinajstić information content (AvgIpc) is 2.55. The van der Waals surface area contributed by atoms with Gasteiger partial charge < -0.3 is 9.80 Å². The molecule has 0 atom stereocenters. The van der Waals surface area contributed by atoms with Gasteiger partial charge in [0.15, 0.2) is 0 Å². The Morgan fingerprint density at radius 2 is 1.79 bits per heavy atom. The first-order valence-corrected chi connectivity index (χ1v) is 7.34. The molecule has 5 heteroatoms. The Kier molecular flexibility index (Phi) is 4.45. The molecule has 1 heterocycles. The highest BCUT2D eigenvalue weighted by molar-refractivity contribution is 6.07. The summed E-state index contributed by atoms with van der Waals surface area (Å²) in [5.41, 5.74) is -0.542. The second-order valence-corrected chi connectivity index (χ2v) is 6.01. The lowest BCUT2D eigenvalue weighted by atomic mass is 9.88. The zero-order chi connectivity index (χ0) is 13.9. The van der Waals surface area contributed by atoms with Crippen LogP contribution in [0.5, 0.6) is 0 Å². The third-order valence-electron chi connectivity index (χ3n) is 4.32. The van der Waals surface area contributed by atoms with E-state index in [1.807, 2.05) is 19.0 Å². The van der Waals surface area contributed by atoms with Gasteiger partial charge in [-0.15, -0.1) is 0 Å². The topological polar surface area (TPSA) is 52.6 Å². The number of nitrogens with zero attached hydrogens (tertiary/aromatic N) is 2. The van der Waals surface area contributed by atoms with Gasteiger partial charge in [-0.05, 0) is 39.9 Å². The smallest absolute Gasteiger partial charge is 0.310 e. The molecule has 108 valence electrons. The molecule has 1 N–H and O–H groups in total. The van der Waals surface area contributed by atoms with E-state index in [-0.39, 0.29) is 11.9 Å². The molecule has 3 amide bonds. The predicted octanol–water partition coefficient (Wildman–Crippen LogP) is 1.58. The Bertz CT molecular complexity index is 347. The summed E-state index contributed by atoms with van der Waals surface area (Å²) >= 11 is 0. The van der Waals surface area contributed by atoms with Crippen LogP contribution in [0.2, 0.25) is 0 Å². The number of imide groups is 1. The molecule has 0 aromatic rings. The SMILES string of the molecule is CN(C)CCCN1C(=O)NC(=O)C12CCCCCC2. The normalized spacial score (nSPS) is 23.0. The van der Waals surface area contributed by atoms with Crippen LogP contribution in [-0.2, 0) is 4.79 Å². The minimum atomic E-state index is -0.542. The van der Waals surface area contributed by atoms with Gasteiger partial charge in [0.25, 0.3) is 5.91 Å². The lowest BCUT2D eigenvalue weighted by Gasteiger charge is -2.34. The van der Waals surface area contributed by atoms with Crippen molar-refractivity contribution in [1.29, 1.82) is 0 Å². The summed E-state index contributed by atoms with van der Waals surface area (Å²) in [7, 11) is 4.05. The van der Waals surface area contributed by atoms with Gasteiger partial charge in [-0.2, -0.15) is 0 Å². The maximum atomic E-state index is 12.2. The van der Waals surface area contributed by atoms with E-state index >= 15 is 0 Å². The molecule has 1 saturated heterocycles. The van der Waals surface area contributed by atoms with Crippen LogP contribution < -0.4 is 5.32 Å². The summed E-state index contributed by atoms with van der Waals surface area (Å²) in [5.74, 6) is -0.0655. The molecule has 0 bridgehead atoms. The summed E-state index contributed by atoms with van der Waals surface area (Å²) < 4.78 is 0. The molecule has 2 fully saturated rings. The molecule has 5 nitrogen and oxygen atoms in total. The van der Waals surface area contributed by atoms with E-state index in [4.69, 9.17) is 0 Å². The molecule has 0 radical (unpaired) electrons. The van der Waals surface area contributed by atoms with E-state index in [0.717, 1.165) is 38.6 Å². The first-order valence-electron chi connectivity index (χ1n) is 7.34. The molecule has 1 saturated carbocycles. The number of hydrogen-bond donors (Lipinski definition) is 1. The fourth-order valence-corrected chi connectivity index (χ4v) is 3.27. The molecule has 1 aliphatic heterocycles. The number of urea groups is 1. The van der Waals surface area contributed by atoms with Gasteiger partial charge in [0.05, 0.1) is 0 Å². The van der Waals surface area contributed by atoms with Crippen molar-refractivity contribution < 1.29 is 9.59 Å². The van der Waals surface area contributed by atoms with Gasteiger partial charge in [0, 0.05) is 6.54 Å². The fourth-order valence-electron chi connectivity index (χ4n) is 3.27. The maximum absolute atomic E-state index is 12.2. The number of nitrogens with one attached hydrogen (secondary N) is 1. The van der Waals surface area contributed by atoms with E-state index in [1.165, 1.54) is 12.8 Å². The Hall–Kier alpha value is -1.10. The van der Waals surface area contributed by atoms with Crippen LogP contribution in [0.25, 0.3) is 0 Å². The van der Waals surface area contributed by atoms with Crippen LogP contribution in [0.1, 0.15) is 44.9 Å². The van der Waals surface area contributed by atoms with Gasteiger partial charge in [0.1, 0.15) is 5.54 Å². The van der Waals surface area contributed by atoms with Crippen molar-refractivity contribution in [3.05, 3.63) is 0 Å². The number of carbonyl (C=O) groups excluding carboxylic acids is 2. The van der Waals surface area contributed by atoms with E-state index in [1.54, 1.807) is 0 Å². The Morgan fingerprint density at radius 1 is 1.16 bits per heavy atom. The van der Waals surface area contributed by atoms with Crippen molar-refractivity contribution in [1.82, 2.24) is 15.1 Å². The van der Waals surface area contributed by atoms with Gasteiger partial charge in [-0.25, -0.2) is 4.79 Å². The minimum absolute atomic E-state index is 0.0655. The molecule has 1 aliphatic carbocycles. The van der Waals surface area contributed by atoms with E-state index in [0.29, 0.717) is 6.54 Å². The predicted molar refractivity (Wildman–Crippen MR) is 73.8 cm³/mol. The molecule has 1 spiro atoms. The quantitative estimate of drug-likeness (QED) is 0.787. The number of rotatable bonds is 4. The molecule has 0 unspecified atom stereocenters. The second-order valence-electron chi connectivity index (χ2n) is 6.01. The van der Waals surface area contributed by atoms with Crippen molar-refractivity contribution in [2.45, 2.75) is 50.5 Å². The number of hydrogen-bond acceptors (Lipinski definition) is 3. The van der Waals surface area contributed by atoms with Gasteiger partial charge >= 0.3 is 6.03 Å². The molecule has 19 heavy (non-hydrogen) atoms. The molecule has 0 aromatic carbocycles. The second kappa shape index (κ2) is 5.90. The van der Waals surface area contributed by atoms with Crippen molar-refractivity contribution in [3.63, 3.8) is 0 Å². The van der Waals surface area contributed by atoms with E-state index in [2.05, 4.69) is 10.2 Å². The van der Waals surface area contributed by atoms with Crippen molar-refractivity contribution in [2.24, 2.45) is 0 Å². The Labute approximate surface area is 115 Å². The summed E-state index contributed by atoms with van der Waals surface area (Å²) in [5, 5.41) is 2.53. The zero-order valence-electron chi connectivity index (χ0n) is 12.1. The van der Waals surface area contributed by atoms with Gasteiger partial charge in [0.2, 0.25) is 0 Å². The summed E-state index contributed by atoms with van der Waals surface area (Å²) in [6, 6.07) is -0.189. The summed E-state index contributed by atoms with van der Waals surface area (Å²) in [4.78, 5) is 28.2. The van der Waals surface area contributed by atoms with Gasteiger partial charge in [-0.3, -0.25) is 10.1 Å². The monoisotopic (exact) mass is 267 g/mol. The largest absolute Gasteiger partial charge is 0.325 e. The van der Waals surface area contributed by atoms with Crippen LogP contribution in [-0.4, -0.2) is 54.5 Å². The third kappa shape index (κ3) is 2.91. The maximum Gasteiger partial charge on any atom is 0.325 e. The molecule has 0 aromatic heterocycles. The molecule has 2 aliphatic rings. The lowest BCUT2D eigenvalue weighted by Crippen LogP contribution is -2.50. The van der Waals surface area contributed by atoms with Gasteiger partial charge in [-0.1, -0.05) is 25.7 Å². The fraction of sp³-hybridized carbons (Fsp3) is 0.857. The van der Waals surface area contributed by atoms with Crippen LogP contribution >= 0.6 is 0 Å². The summed E-state index contributed by atoms with van der Waals surface area (Å²) in [6.07, 6.45) is 7.01. The molecular weight excluding hydrogens is 242 g/mol. The third-order valence-corrected chi connectivity index (χ3v) is 4.32. The van der Waals surface area contributed by atoms with Crippen LogP contribution in [0.15, 0.2) is 0 Å². The first-order chi connectivity index (χ1) is 9.06. The van der Waals surface area contributed by atoms with Crippen LogP contribution in [0.4, 0.5) is 4.79 Å². The van der Waals surface area contributed by atoms with Crippen LogP contribution in [0, 0.1) is 0 Å². The average molecular weight is 267 g/mol. The molecular formula is C14H25N3O2. The first kappa shape index (κ1) is 14.3.